The summed E-state index contributed by atoms with van der Waals surface area (Å²) in [5.74, 6) is 0. The molecule has 2 aromatic rings. The van der Waals surface area contributed by atoms with Crippen molar-refractivity contribution < 1.29 is 0 Å². The van der Waals surface area contributed by atoms with Gasteiger partial charge in [-0.2, -0.15) is 5.10 Å². The summed E-state index contributed by atoms with van der Waals surface area (Å²) >= 11 is 1.43. The standard InChI is InChI=1S/C14H19N5S/c1-4-10-11(8-15)13(19-18-12(10)5-2)20-14-16-7-6-9(3)17-14/h6-7H,4-5,8,15H2,1-3H3. The van der Waals surface area contributed by atoms with Crippen LogP contribution in [0.25, 0.3) is 0 Å². The fourth-order valence-corrected chi connectivity index (χ4v) is 2.97. The summed E-state index contributed by atoms with van der Waals surface area (Å²) in [6.45, 7) is 6.60. The highest BCUT2D eigenvalue weighted by atomic mass is 32.2. The summed E-state index contributed by atoms with van der Waals surface area (Å²) in [7, 11) is 0. The van der Waals surface area contributed by atoms with Gasteiger partial charge in [-0.25, -0.2) is 9.97 Å². The quantitative estimate of drug-likeness (QED) is 0.851. The van der Waals surface area contributed by atoms with Crippen LogP contribution in [0.15, 0.2) is 22.4 Å². The second-order valence-corrected chi connectivity index (χ2v) is 5.36. The topological polar surface area (TPSA) is 77.6 Å². The van der Waals surface area contributed by atoms with Crippen molar-refractivity contribution >= 4 is 11.8 Å². The van der Waals surface area contributed by atoms with E-state index in [1.165, 1.54) is 17.3 Å². The van der Waals surface area contributed by atoms with E-state index in [2.05, 4.69) is 34.0 Å². The molecule has 2 heterocycles. The van der Waals surface area contributed by atoms with E-state index in [4.69, 9.17) is 5.73 Å². The predicted octanol–water partition coefficient (Wildman–Crippen LogP) is 2.31. The fraction of sp³-hybridized carbons (Fsp3) is 0.429. The van der Waals surface area contributed by atoms with Crippen LogP contribution < -0.4 is 5.73 Å². The molecule has 0 aliphatic heterocycles. The Balaban J connectivity index is 2.41. The molecule has 0 spiro atoms. The minimum Gasteiger partial charge on any atom is -0.326 e. The Kier molecular flexibility index (Phi) is 5.03. The molecule has 0 fully saturated rings. The number of nitrogens with zero attached hydrogens (tertiary/aromatic N) is 4. The van der Waals surface area contributed by atoms with E-state index < -0.39 is 0 Å². The van der Waals surface area contributed by atoms with Gasteiger partial charge in [-0.15, -0.1) is 5.10 Å². The Morgan fingerprint density at radius 1 is 1.15 bits per heavy atom. The van der Waals surface area contributed by atoms with Gasteiger partial charge < -0.3 is 5.73 Å². The second kappa shape index (κ2) is 6.76. The number of hydrogen-bond donors (Lipinski definition) is 1. The van der Waals surface area contributed by atoms with Crippen molar-refractivity contribution in [2.24, 2.45) is 5.73 Å². The zero-order chi connectivity index (χ0) is 14.5. The van der Waals surface area contributed by atoms with E-state index in [1.54, 1.807) is 6.20 Å². The average molecular weight is 289 g/mol. The van der Waals surface area contributed by atoms with Crippen molar-refractivity contribution in [2.75, 3.05) is 0 Å². The highest BCUT2D eigenvalue weighted by Crippen LogP contribution is 2.28. The van der Waals surface area contributed by atoms with Crippen LogP contribution in [0.4, 0.5) is 0 Å². The molecule has 2 rings (SSSR count). The molecule has 0 saturated carbocycles. The van der Waals surface area contributed by atoms with Gasteiger partial charge in [0.1, 0.15) is 5.03 Å². The first-order valence-corrected chi connectivity index (χ1v) is 7.56. The molecule has 0 aromatic carbocycles. The highest BCUT2D eigenvalue weighted by Gasteiger charge is 2.15. The molecule has 0 atom stereocenters. The summed E-state index contributed by atoms with van der Waals surface area (Å²) in [6.07, 6.45) is 3.53. The van der Waals surface area contributed by atoms with Crippen LogP contribution >= 0.6 is 11.8 Å². The molecule has 2 aromatic heterocycles. The average Bonchev–Trinajstić information content (AvgIpc) is 2.46. The fourth-order valence-electron chi connectivity index (χ4n) is 2.09. The molecule has 6 heteroatoms. The van der Waals surface area contributed by atoms with Gasteiger partial charge in [0, 0.05) is 24.0 Å². The highest BCUT2D eigenvalue weighted by molar-refractivity contribution is 7.99. The van der Waals surface area contributed by atoms with E-state index in [0.717, 1.165) is 34.8 Å². The summed E-state index contributed by atoms with van der Waals surface area (Å²) in [6, 6.07) is 1.87. The van der Waals surface area contributed by atoms with Crippen molar-refractivity contribution in [3.05, 3.63) is 34.8 Å². The zero-order valence-electron chi connectivity index (χ0n) is 12.1. The van der Waals surface area contributed by atoms with Crippen LogP contribution in [0.1, 0.15) is 36.4 Å². The normalized spacial score (nSPS) is 10.8. The first-order chi connectivity index (χ1) is 9.69. The Morgan fingerprint density at radius 2 is 1.95 bits per heavy atom. The molecule has 2 N–H and O–H groups in total. The Morgan fingerprint density at radius 3 is 2.55 bits per heavy atom. The molecule has 0 radical (unpaired) electrons. The molecule has 0 aliphatic carbocycles. The largest absolute Gasteiger partial charge is 0.326 e. The molecular formula is C14H19N5S. The maximum atomic E-state index is 5.91. The third-order valence-corrected chi connectivity index (χ3v) is 3.99. The van der Waals surface area contributed by atoms with Crippen LogP contribution in [0, 0.1) is 6.92 Å². The lowest BCUT2D eigenvalue weighted by atomic mass is 10.0. The van der Waals surface area contributed by atoms with E-state index in [-0.39, 0.29) is 0 Å². The van der Waals surface area contributed by atoms with E-state index in [9.17, 15) is 0 Å². The van der Waals surface area contributed by atoms with Crippen molar-refractivity contribution in [2.45, 2.75) is 50.3 Å². The summed E-state index contributed by atoms with van der Waals surface area (Å²) in [5.41, 5.74) is 10.2. The zero-order valence-corrected chi connectivity index (χ0v) is 12.9. The first kappa shape index (κ1) is 14.9. The van der Waals surface area contributed by atoms with Gasteiger partial charge in [0.05, 0.1) is 5.69 Å². The molecular weight excluding hydrogens is 270 g/mol. The van der Waals surface area contributed by atoms with Gasteiger partial charge >= 0.3 is 0 Å². The lowest BCUT2D eigenvalue weighted by molar-refractivity contribution is 0.779. The van der Waals surface area contributed by atoms with Crippen LogP contribution in [-0.4, -0.2) is 20.2 Å². The Bertz CT molecular complexity index is 600. The SMILES string of the molecule is CCc1nnc(Sc2nccc(C)n2)c(CN)c1CC. The third kappa shape index (κ3) is 3.13. The molecule has 0 aliphatic rings. The number of rotatable bonds is 5. The molecule has 20 heavy (non-hydrogen) atoms. The molecule has 0 saturated heterocycles. The van der Waals surface area contributed by atoms with Crippen molar-refractivity contribution in [3.63, 3.8) is 0 Å². The minimum absolute atomic E-state index is 0.458. The monoisotopic (exact) mass is 289 g/mol. The first-order valence-electron chi connectivity index (χ1n) is 6.74. The van der Waals surface area contributed by atoms with Crippen LogP contribution in [0.5, 0.6) is 0 Å². The smallest absolute Gasteiger partial charge is 0.194 e. The lowest BCUT2D eigenvalue weighted by Crippen LogP contribution is -2.10. The Hall–Kier alpha value is -1.53. The minimum atomic E-state index is 0.458. The Labute approximate surface area is 123 Å². The van der Waals surface area contributed by atoms with Gasteiger partial charge in [0.15, 0.2) is 5.16 Å². The molecule has 106 valence electrons. The molecule has 0 unspecified atom stereocenters. The van der Waals surface area contributed by atoms with Crippen molar-refractivity contribution in [1.29, 1.82) is 0 Å². The van der Waals surface area contributed by atoms with Gasteiger partial charge in [-0.1, -0.05) is 13.8 Å². The maximum absolute atomic E-state index is 5.91. The van der Waals surface area contributed by atoms with Gasteiger partial charge in [0.25, 0.3) is 0 Å². The third-order valence-electron chi connectivity index (χ3n) is 3.09. The number of aromatic nitrogens is 4. The number of hydrogen-bond acceptors (Lipinski definition) is 6. The van der Waals surface area contributed by atoms with Crippen LogP contribution in [0.2, 0.25) is 0 Å². The van der Waals surface area contributed by atoms with Crippen LogP contribution in [-0.2, 0) is 19.4 Å². The van der Waals surface area contributed by atoms with E-state index in [1.807, 2.05) is 13.0 Å². The number of nitrogens with two attached hydrogens (primary N) is 1. The van der Waals surface area contributed by atoms with Crippen molar-refractivity contribution in [3.8, 4) is 0 Å². The lowest BCUT2D eigenvalue weighted by Gasteiger charge is -2.13. The van der Waals surface area contributed by atoms with Gasteiger partial charge in [-0.05, 0) is 43.2 Å². The maximum Gasteiger partial charge on any atom is 0.194 e. The molecule has 5 nitrogen and oxygen atoms in total. The summed E-state index contributed by atoms with van der Waals surface area (Å²) < 4.78 is 0. The second-order valence-electron chi connectivity index (χ2n) is 4.40. The molecule has 0 amide bonds. The number of aryl methyl sites for hydroxylation is 2. The summed E-state index contributed by atoms with van der Waals surface area (Å²) in [4.78, 5) is 8.64. The van der Waals surface area contributed by atoms with E-state index in [0.29, 0.717) is 11.7 Å². The van der Waals surface area contributed by atoms with Gasteiger partial charge in [0.2, 0.25) is 0 Å². The predicted molar refractivity (Wildman–Crippen MR) is 79.6 cm³/mol. The molecule has 0 bridgehead atoms. The van der Waals surface area contributed by atoms with Crippen molar-refractivity contribution in [1.82, 2.24) is 20.2 Å². The van der Waals surface area contributed by atoms with E-state index >= 15 is 0 Å². The summed E-state index contributed by atoms with van der Waals surface area (Å²) in [5, 5.41) is 10.1. The van der Waals surface area contributed by atoms with Crippen LogP contribution in [0.3, 0.4) is 0 Å². The van der Waals surface area contributed by atoms with Gasteiger partial charge in [-0.3, -0.25) is 0 Å².